The fourth-order valence-corrected chi connectivity index (χ4v) is 3.67. The van der Waals surface area contributed by atoms with Gasteiger partial charge in [-0.15, -0.1) is 0 Å². The maximum absolute atomic E-state index is 12.3. The molecule has 2 heterocycles. The molecule has 2 aromatic rings. The zero-order valence-corrected chi connectivity index (χ0v) is 14.9. The van der Waals surface area contributed by atoms with Gasteiger partial charge in [0.2, 0.25) is 0 Å². The molecule has 1 aliphatic rings. The fraction of sp³-hybridized carbons (Fsp3) is 0.167. The lowest BCUT2D eigenvalue weighted by Crippen LogP contribution is -2.33. The van der Waals surface area contributed by atoms with E-state index in [1.165, 1.54) is 0 Å². The molecule has 1 fully saturated rings. The summed E-state index contributed by atoms with van der Waals surface area (Å²) in [5.41, 5.74) is 3.40. The normalized spacial score (nSPS) is 15.9. The summed E-state index contributed by atoms with van der Waals surface area (Å²) in [5.74, 6) is -1.67. The molecule has 0 unspecified atom stereocenters. The van der Waals surface area contributed by atoms with E-state index in [1.807, 2.05) is 24.5 Å². The SMILES string of the molecule is Cc1cc(/C=C2/SC(=O)N(CC(=O)O)C2=O)c(C)n1-c1ccc(O)cc1. The topological polar surface area (TPSA) is 99.8 Å². The predicted molar refractivity (Wildman–Crippen MR) is 97.2 cm³/mol. The Morgan fingerprint density at radius 2 is 1.85 bits per heavy atom. The lowest BCUT2D eigenvalue weighted by atomic mass is 10.2. The van der Waals surface area contributed by atoms with Crippen LogP contribution in [0.2, 0.25) is 0 Å². The number of aliphatic carboxylic acids is 1. The maximum Gasteiger partial charge on any atom is 0.323 e. The Hall–Kier alpha value is -3.00. The van der Waals surface area contributed by atoms with E-state index in [-0.39, 0.29) is 10.7 Å². The summed E-state index contributed by atoms with van der Waals surface area (Å²) < 4.78 is 1.97. The second-order valence-electron chi connectivity index (χ2n) is 5.84. The Kier molecular flexibility index (Phi) is 4.60. The number of carbonyl (C=O) groups is 3. The predicted octanol–water partition coefficient (Wildman–Crippen LogP) is 2.92. The number of nitrogens with zero attached hydrogens (tertiary/aromatic N) is 2. The van der Waals surface area contributed by atoms with Crippen LogP contribution in [0.1, 0.15) is 17.0 Å². The molecular weight excluding hydrogens is 356 g/mol. The van der Waals surface area contributed by atoms with Crippen molar-refractivity contribution >= 4 is 35.0 Å². The molecule has 2 N–H and O–H groups in total. The van der Waals surface area contributed by atoms with Gasteiger partial charge in [-0.3, -0.25) is 19.3 Å². The van der Waals surface area contributed by atoms with Gasteiger partial charge in [0, 0.05) is 17.1 Å². The Labute approximate surface area is 153 Å². The molecule has 8 heteroatoms. The van der Waals surface area contributed by atoms with Crippen molar-refractivity contribution in [2.75, 3.05) is 6.54 Å². The van der Waals surface area contributed by atoms with E-state index in [1.54, 1.807) is 30.3 Å². The molecule has 26 heavy (non-hydrogen) atoms. The highest BCUT2D eigenvalue weighted by Gasteiger charge is 2.36. The van der Waals surface area contributed by atoms with Gasteiger partial charge in [-0.25, -0.2) is 0 Å². The van der Waals surface area contributed by atoms with Crippen LogP contribution in [0.4, 0.5) is 4.79 Å². The Morgan fingerprint density at radius 3 is 2.46 bits per heavy atom. The van der Waals surface area contributed by atoms with Crippen LogP contribution in [0.25, 0.3) is 11.8 Å². The third-order valence-electron chi connectivity index (χ3n) is 4.03. The van der Waals surface area contributed by atoms with Crippen LogP contribution in [0.15, 0.2) is 35.2 Å². The standard InChI is InChI=1S/C18H16N2O5S/c1-10-7-12(11(2)20(10)13-3-5-14(21)6-4-13)8-15-17(24)19(9-16(22)23)18(25)26-15/h3-8,21H,9H2,1-2H3,(H,22,23)/b15-8+. The van der Waals surface area contributed by atoms with E-state index in [0.717, 1.165) is 39.3 Å². The highest BCUT2D eigenvalue weighted by Crippen LogP contribution is 2.33. The van der Waals surface area contributed by atoms with Gasteiger partial charge in [0.05, 0.1) is 4.91 Å². The van der Waals surface area contributed by atoms with Gasteiger partial charge in [0.1, 0.15) is 12.3 Å². The summed E-state index contributed by atoms with van der Waals surface area (Å²) in [7, 11) is 0. The highest BCUT2D eigenvalue weighted by atomic mass is 32.2. The summed E-state index contributed by atoms with van der Waals surface area (Å²) in [6.07, 6.45) is 1.60. The zero-order valence-electron chi connectivity index (χ0n) is 14.1. The first-order chi connectivity index (χ1) is 12.3. The quantitative estimate of drug-likeness (QED) is 0.801. The number of aromatic nitrogens is 1. The zero-order chi connectivity index (χ0) is 19.0. The molecule has 1 aromatic heterocycles. The fourth-order valence-electron chi connectivity index (χ4n) is 2.85. The van der Waals surface area contributed by atoms with Gasteiger partial charge >= 0.3 is 5.97 Å². The molecule has 0 aliphatic carbocycles. The Morgan fingerprint density at radius 1 is 1.19 bits per heavy atom. The third-order valence-corrected chi connectivity index (χ3v) is 4.94. The van der Waals surface area contributed by atoms with Gasteiger partial charge in [-0.05, 0) is 67.6 Å². The summed E-state index contributed by atoms with van der Waals surface area (Å²) in [6.45, 7) is 3.15. The molecule has 3 rings (SSSR count). The minimum atomic E-state index is -1.24. The number of carboxylic acid groups (broad SMARTS) is 1. The van der Waals surface area contributed by atoms with Crippen molar-refractivity contribution in [3.8, 4) is 11.4 Å². The van der Waals surface area contributed by atoms with Crippen LogP contribution >= 0.6 is 11.8 Å². The first kappa shape index (κ1) is 17.8. The third kappa shape index (κ3) is 3.23. The average molecular weight is 372 g/mol. The van der Waals surface area contributed by atoms with Crippen molar-refractivity contribution in [2.45, 2.75) is 13.8 Å². The highest BCUT2D eigenvalue weighted by molar-refractivity contribution is 8.18. The molecule has 7 nitrogen and oxygen atoms in total. The van der Waals surface area contributed by atoms with Gasteiger partial charge < -0.3 is 14.8 Å². The summed E-state index contributed by atoms with van der Waals surface area (Å²) in [6, 6.07) is 8.61. The molecule has 1 aromatic carbocycles. The molecule has 0 saturated carbocycles. The van der Waals surface area contributed by atoms with E-state index in [9.17, 15) is 19.5 Å². The number of phenols is 1. The summed E-state index contributed by atoms with van der Waals surface area (Å²) in [4.78, 5) is 35.9. The van der Waals surface area contributed by atoms with Gasteiger partial charge in [-0.2, -0.15) is 0 Å². The van der Waals surface area contributed by atoms with E-state index >= 15 is 0 Å². The van der Waals surface area contributed by atoms with Crippen molar-refractivity contribution in [1.29, 1.82) is 0 Å². The first-order valence-electron chi connectivity index (χ1n) is 7.73. The smallest absolute Gasteiger partial charge is 0.323 e. The van der Waals surface area contributed by atoms with Crippen LogP contribution in [0.5, 0.6) is 5.75 Å². The number of carbonyl (C=O) groups excluding carboxylic acids is 2. The average Bonchev–Trinajstić information content (AvgIpc) is 2.99. The first-order valence-corrected chi connectivity index (χ1v) is 8.55. The van der Waals surface area contributed by atoms with Gasteiger partial charge in [0.25, 0.3) is 11.1 Å². The van der Waals surface area contributed by atoms with E-state index < -0.39 is 23.7 Å². The molecule has 2 amide bonds. The number of imide groups is 1. The maximum atomic E-state index is 12.3. The minimum absolute atomic E-state index is 0.170. The van der Waals surface area contributed by atoms with Crippen LogP contribution in [0, 0.1) is 13.8 Å². The summed E-state index contributed by atoms with van der Waals surface area (Å²) in [5, 5.41) is 17.7. The van der Waals surface area contributed by atoms with E-state index in [4.69, 9.17) is 5.11 Å². The number of amides is 2. The van der Waals surface area contributed by atoms with Crippen molar-refractivity contribution in [3.05, 3.63) is 52.2 Å². The lowest BCUT2D eigenvalue weighted by Gasteiger charge is -2.09. The number of aromatic hydroxyl groups is 1. The lowest BCUT2D eigenvalue weighted by molar-refractivity contribution is -0.140. The number of carboxylic acids is 1. The second kappa shape index (κ2) is 6.72. The van der Waals surface area contributed by atoms with Gasteiger partial charge in [-0.1, -0.05) is 0 Å². The number of thioether (sulfide) groups is 1. The monoisotopic (exact) mass is 372 g/mol. The molecular formula is C18H16N2O5S. The molecule has 1 saturated heterocycles. The van der Waals surface area contributed by atoms with E-state index in [0.29, 0.717) is 0 Å². The minimum Gasteiger partial charge on any atom is -0.508 e. The van der Waals surface area contributed by atoms with Gasteiger partial charge in [0.15, 0.2) is 0 Å². The van der Waals surface area contributed by atoms with Crippen LogP contribution in [-0.2, 0) is 9.59 Å². The largest absolute Gasteiger partial charge is 0.508 e. The number of rotatable bonds is 4. The summed E-state index contributed by atoms with van der Waals surface area (Å²) >= 11 is 0.733. The van der Waals surface area contributed by atoms with Crippen LogP contribution < -0.4 is 0 Å². The number of hydrogen-bond acceptors (Lipinski definition) is 5. The van der Waals surface area contributed by atoms with E-state index in [2.05, 4.69) is 0 Å². The molecule has 0 radical (unpaired) electrons. The van der Waals surface area contributed by atoms with Crippen molar-refractivity contribution in [1.82, 2.24) is 9.47 Å². The number of phenolic OH excluding ortho intramolecular Hbond substituents is 1. The molecule has 0 atom stereocenters. The second-order valence-corrected chi connectivity index (χ2v) is 6.83. The van der Waals surface area contributed by atoms with Crippen molar-refractivity contribution < 1.29 is 24.6 Å². The Balaban J connectivity index is 1.96. The number of benzene rings is 1. The Bertz CT molecular complexity index is 943. The molecule has 0 bridgehead atoms. The van der Waals surface area contributed by atoms with Crippen LogP contribution in [-0.4, -0.2) is 43.3 Å². The van der Waals surface area contributed by atoms with Crippen molar-refractivity contribution in [2.24, 2.45) is 0 Å². The molecule has 0 spiro atoms. The number of aryl methyl sites for hydroxylation is 1. The molecule has 1 aliphatic heterocycles. The molecule has 134 valence electrons. The van der Waals surface area contributed by atoms with Crippen molar-refractivity contribution in [3.63, 3.8) is 0 Å². The van der Waals surface area contributed by atoms with Crippen LogP contribution in [0.3, 0.4) is 0 Å². The number of hydrogen-bond donors (Lipinski definition) is 2.